The molecule has 0 aliphatic heterocycles. The number of nitrogens with two attached hydrogens (primary N) is 2. The fraction of sp³-hybridized carbons (Fsp3) is 0. The number of carbonyl (C=O) groups is 1. The number of hydrogen-bond donors (Lipinski definition) is 4. The normalized spacial score (nSPS) is 11.1. The molecule has 20 heavy (non-hydrogen) atoms. The minimum Gasteiger partial charge on any atom is -0.375 e. The number of benzene rings is 1. The molecule has 10 heteroatoms. The third-order valence-electron chi connectivity index (χ3n) is 2.14. The van der Waals surface area contributed by atoms with E-state index < -0.39 is 16.1 Å². The van der Waals surface area contributed by atoms with Crippen LogP contribution >= 0.6 is 11.3 Å². The zero-order chi connectivity index (χ0) is 14.8. The molecule has 2 aromatic rings. The number of nitrogen functional groups attached to an aromatic ring is 1. The summed E-state index contributed by atoms with van der Waals surface area (Å²) in [5.74, 6) is -0.439. The van der Waals surface area contributed by atoms with Gasteiger partial charge in [0.1, 0.15) is 5.69 Å². The van der Waals surface area contributed by atoms with Crippen LogP contribution in [-0.2, 0) is 10.2 Å². The van der Waals surface area contributed by atoms with E-state index in [0.717, 1.165) is 11.3 Å². The van der Waals surface area contributed by atoms with Crippen LogP contribution in [0.1, 0.15) is 10.5 Å². The van der Waals surface area contributed by atoms with Crippen LogP contribution in [0.2, 0.25) is 0 Å². The first-order chi connectivity index (χ1) is 9.33. The van der Waals surface area contributed by atoms with Crippen molar-refractivity contribution in [3.05, 3.63) is 35.3 Å². The number of hydrogen-bond acceptors (Lipinski definition) is 6. The van der Waals surface area contributed by atoms with Crippen molar-refractivity contribution in [3.8, 4) is 0 Å². The first-order valence-electron chi connectivity index (χ1n) is 5.26. The lowest BCUT2D eigenvalue weighted by Gasteiger charge is -2.07. The first-order valence-corrected chi connectivity index (χ1v) is 7.69. The number of thiazole rings is 1. The van der Waals surface area contributed by atoms with Crippen molar-refractivity contribution in [2.45, 2.75) is 0 Å². The Hall–Kier alpha value is -2.17. The molecule has 1 amide bonds. The highest BCUT2D eigenvalue weighted by Crippen LogP contribution is 2.17. The van der Waals surface area contributed by atoms with Crippen LogP contribution in [0.25, 0.3) is 0 Å². The molecule has 0 bridgehead atoms. The highest BCUT2D eigenvalue weighted by molar-refractivity contribution is 7.90. The molecule has 1 heterocycles. The fourth-order valence-electron chi connectivity index (χ4n) is 1.41. The van der Waals surface area contributed by atoms with Gasteiger partial charge in [-0.15, -0.1) is 11.3 Å². The van der Waals surface area contributed by atoms with Crippen molar-refractivity contribution in [1.29, 1.82) is 0 Å². The van der Waals surface area contributed by atoms with Gasteiger partial charge < -0.3 is 11.1 Å². The van der Waals surface area contributed by atoms with Gasteiger partial charge in [-0.3, -0.25) is 9.52 Å². The lowest BCUT2D eigenvalue weighted by atomic mass is 10.3. The average Bonchev–Trinajstić information content (AvgIpc) is 2.74. The average molecular weight is 313 g/mol. The molecular weight excluding hydrogens is 302 g/mol. The van der Waals surface area contributed by atoms with Crippen LogP contribution in [0.15, 0.2) is 29.6 Å². The van der Waals surface area contributed by atoms with Gasteiger partial charge in [-0.1, -0.05) is 6.07 Å². The number of rotatable bonds is 4. The van der Waals surface area contributed by atoms with E-state index in [4.69, 9.17) is 10.9 Å². The molecule has 2 rings (SSSR count). The zero-order valence-electron chi connectivity index (χ0n) is 10.0. The Balaban J connectivity index is 2.14. The Morgan fingerprint density at radius 2 is 2.00 bits per heavy atom. The van der Waals surface area contributed by atoms with Gasteiger partial charge in [0, 0.05) is 11.1 Å². The van der Waals surface area contributed by atoms with Crippen molar-refractivity contribution in [2.24, 2.45) is 5.14 Å². The van der Waals surface area contributed by atoms with Crippen LogP contribution in [0.5, 0.6) is 0 Å². The summed E-state index contributed by atoms with van der Waals surface area (Å²) in [6.45, 7) is 0. The van der Waals surface area contributed by atoms with Gasteiger partial charge in [-0.2, -0.15) is 8.42 Å². The minimum atomic E-state index is -3.86. The van der Waals surface area contributed by atoms with E-state index in [1.165, 1.54) is 17.5 Å². The van der Waals surface area contributed by atoms with Gasteiger partial charge >= 0.3 is 0 Å². The molecule has 8 nitrogen and oxygen atoms in total. The van der Waals surface area contributed by atoms with Crippen molar-refractivity contribution in [1.82, 2.24) is 4.98 Å². The van der Waals surface area contributed by atoms with Crippen LogP contribution in [-0.4, -0.2) is 19.3 Å². The predicted octanol–water partition coefficient (Wildman–Crippen LogP) is 0.593. The Bertz CT molecular complexity index is 741. The molecule has 0 spiro atoms. The number of nitrogens with one attached hydrogen (secondary N) is 2. The van der Waals surface area contributed by atoms with Gasteiger partial charge in [0.05, 0.1) is 5.69 Å². The lowest BCUT2D eigenvalue weighted by Crippen LogP contribution is -2.21. The van der Waals surface area contributed by atoms with Gasteiger partial charge in [-0.25, -0.2) is 10.1 Å². The standard InChI is InChI=1S/C10H11N5O3S2/c11-10-14-8(5-19-10)9(16)13-6-2-1-3-7(4-6)15-20(12,17)18/h1-5,15H,(H2,11,14)(H,13,16)(H2,12,17,18). The molecule has 1 aromatic carbocycles. The molecule has 0 saturated heterocycles. The SMILES string of the molecule is Nc1nc(C(=O)Nc2cccc(NS(N)(=O)=O)c2)cs1. The highest BCUT2D eigenvalue weighted by atomic mass is 32.2. The first kappa shape index (κ1) is 14.2. The van der Waals surface area contributed by atoms with E-state index >= 15 is 0 Å². The fourth-order valence-corrected chi connectivity index (χ4v) is 2.41. The lowest BCUT2D eigenvalue weighted by molar-refractivity contribution is 0.102. The molecule has 0 atom stereocenters. The summed E-state index contributed by atoms with van der Waals surface area (Å²) >= 11 is 1.15. The third-order valence-corrected chi connectivity index (χ3v) is 3.33. The maximum atomic E-state index is 11.8. The number of amides is 1. The summed E-state index contributed by atoms with van der Waals surface area (Å²) in [4.78, 5) is 15.7. The van der Waals surface area contributed by atoms with Gasteiger partial charge in [0.15, 0.2) is 5.13 Å². The summed E-state index contributed by atoms with van der Waals surface area (Å²) < 4.78 is 23.9. The molecule has 106 valence electrons. The van der Waals surface area contributed by atoms with E-state index in [1.54, 1.807) is 12.1 Å². The van der Waals surface area contributed by atoms with Crippen molar-refractivity contribution < 1.29 is 13.2 Å². The quantitative estimate of drug-likeness (QED) is 0.654. The van der Waals surface area contributed by atoms with E-state index in [1.807, 2.05) is 0 Å². The van der Waals surface area contributed by atoms with Crippen LogP contribution in [0.4, 0.5) is 16.5 Å². The zero-order valence-corrected chi connectivity index (χ0v) is 11.7. The van der Waals surface area contributed by atoms with Crippen LogP contribution in [0, 0.1) is 0 Å². The molecule has 0 radical (unpaired) electrons. The summed E-state index contributed by atoms with van der Waals surface area (Å²) in [5.41, 5.74) is 6.27. The highest BCUT2D eigenvalue weighted by Gasteiger charge is 2.10. The molecule has 0 saturated carbocycles. The maximum absolute atomic E-state index is 11.8. The molecule has 0 fully saturated rings. The number of nitrogens with zero attached hydrogens (tertiary/aromatic N) is 1. The maximum Gasteiger partial charge on any atom is 0.296 e. The van der Waals surface area contributed by atoms with Gasteiger partial charge in [0.2, 0.25) is 0 Å². The smallest absolute Gasteiger partial charge is 0.296 e. The second kappa shape index (κ2) is 5.45. The number of anilines is 3. The molecule has 0 unspecified atom stereocenters. The Kier molecular flexibility index (Phi) is 3.88. The van der Waals surface area contributed by atoms with Crippen LogP contribution < -0.4 is 20.9 Å². The molecule has 0 aliphatic carbocycles. The number of aromatic nitrogens is 1. The largest absolute Gasteiger partial charge is 0.375 e. The summed E-state index contributed by atoms with van der Waals surface area (Å²) in [7, 11) is -3.86. The second-order valence-electron chi connectivity index (χ2n) is 3.75. The summed E-state index contributed by atoms with van der Waals surface area (Å²) in [5, 5.41) is 9.25. The van der Waals surface area contributed by atoms with Crippen LogP contribution in [0.3, 0.4) is 0 Å². The summed E-state index contributed by atoms with van der Waals surface area (Å²) in [6, 6.07) is 6.10. The predicted molar refractivity (Wildman–Crippen MR) is 77.7 cm³/mol. The Morgan fingerprint density at radius 1 is 1.30 bits per heavy atom. The van der Waals surface area contributed by atoms with Gasteiger partial charge in [0.25, 0.3) is 16.1 Å². The molecule has 6 N–H and O–H groups in total. The van der Waals surface area contributed by atoms with Gasteiger partial charge in [-0.05, 0) is 18.2 Å². The van der Waals surface area contributed by atoms with E-state index in [0.29, 0.717) is 10.8 Å². The number of carbonyl (C=O) groups excluding carboxylic acids is 1. The Labute approximate surface area is 119 Å². The van der Waals surface area contributed by atoms with Crippen molar-refractivity contribution in [3.63, 3.8) is 0 Å². The van der Waals surface area contributed by atoms with Crippen molar-refractivity contribution in [2.75, 3.05) is 15.8 Å². The topological polar surface area (TPSA) is 140 Å². The van der Waals surface area contributed by atoms with Crippen molar-refractivity contribution >= 4 is 44.0 Å². The Morgan fingerprint density at radius 3 is 2.60 bits per heavy atom. The van der Waals surface area contributed by atoms with E-state index in [-0.39, 0.29) is 11.4 Å². The minimum absolute atomic E-state index is 0.192. The third kappa shape index (κ3) is 3.91. The second-order valence-corrected chi connectivity index (χ2v) is 5.94. The monoisotopic (exact) mass is 313 g/mol. The molecular formula is C10H11N5O3S2. The molecule has 0 aliphatic rings. The van der Waals surface area contributed by atoms with E-state index in [2.05, 4.69) is 15.0 Å². The summed E-state index contributed by atoms with van der Waals surface area (Å²) in [6.07, 6.45) is 0. The van der Waals surface area contributed by atoms with E-state index in [9.17, 15) is 13.2 Å². The molecule has 1 aromatic heterocycles.